The molecular formula is C24H21N3O4S. The van der Waals surface area contributed by atoms with Gasteiger partial charge >= 0.3 is 0 Å². The van der Waals surface area contributed by atoms with Crippen LogP contribution in [-0.2, 0) is 11.2 Å². The lowest BCUT2D eigenvalue weighted by Gasteiger charge is -2.26. The number of nitro benzene ring substituents is 1. The third-order valence-corrected chi connectivity index (χ3v) is 6.46. The molecule has 32 heavy (non-hydrogen) atoms. The van der Waals surface area contributed by atoms with Gasteiger partial charge in [0.25, 0.3) is 11.6 Å². The minimum absolute atomic E-state index is 0.0481. The maximum Gasteiger partial charge on any atom is 0.270 e. The summed E-state index contributed by atoms with van der Waals surface area (Å²) >= 11 is 1.54. The van der Waals surface area contributed by atoms with E-state index in [-0.39, 0.29) is 22.5 Å². The number of nitrogens with zero attached hydrogens (tertiary/aromatic N) is 2. The van der Waals surface area contributed by atoms with E-state index in [1.807, 2.05) is 47.4 Å². The molecule has 0 spiro atoms. The first-order valence-corrected chi connectivity index (χ1v) is 11.2. The number of carbonyl (C=O) groups is 2. The first-order valence-electron chi connectivity index (χ1n) is 10.1. The van der Waals surface area contributed by atoms with Gasteiger partial charge in [0.1, 0.15) is 5.37 Å². The minimum Gasteiger partial charge on any atom is -0.322 e. The zero-order valence-electron chi connectivity index (χ0n) is 17.4. The average Bonchev–Trinajstić information content (AvgIpc) is 3.20. The Hall–Kier alpha value is -3.65. The highest BCUT2D eigenvalue weighted by Crippen LogP contribution is 2.43. The summed E-state index contributed by atoms with van der Waals surface area (Å²) in [5.41, 5.74) is 3.52. The highest BCUT2D eigenvalue weighted by atomic mass is 32.2. The van der Waals surface area contributed by atoms with E-state index in [1.165, 1.54) is 24.3 Å². The fourth-order valence-electron chi connectivity index (χ4n) is 3.71. The molecule has 1 atom stereocenters. The summed E-state index contributed by atoms with van der Waals surface area (Å²) in [4.78, 5) is 37.7. The number of non-ortho nitro benzene ring substituents is 1. The lowest BCUT2D eigenvalue weighted by atomic mass is 10.1. The summed E-state index contributed by atoms with van der Waals surface area (Å²) in [5.74, 6) is -0.00592. The predicted molar refractivity (Wildman–Crippen MR) is 126 cm³/mol. The Morgan fingerprint density at radius 1 is 1.12 bits per heavy atom. The second-order valence-corrected chi connectivity index (χ2v) is 8.36. The first kappa shape index (κ1) is 21.6. The molecule has 1 aliphatic heterocycles. The van der Waals surface area contributed by atoms with E-state index in [0.29, 0.717) is 11.4 Å². The fraction of sp³-hybridized carbons (Fsp3) is 0.167. The molecule has 0 radical (unpaired) electrons. The van der Waals surface area contributed by atoms with Crippen LogP contribution in [0.4, 0.5) is 17.1 Å². The lowest BCUT2D eigenvalue weighted by Crippen LogP contribution is -2.28. The van der Waals surface area contributed by atoms with E-state index in [4.69, 9.17) is 0 Å². The van der Waals surface area contributed by atoms with Gasteiger partial charge in [-0.15, -0.1) is 11.8 Å². The van der Waals surface area contributed by atoms with Crippen LogP contribution in [0, 0.1) is 10.1 Å². The number of anilines is 2. The summed E-state index contributed by atoms with van der Waals surface area (Å²) in [5, 5.41) is 13.6. The smallest absolute Gasteiger partial charge is 0.270 e. The zero-order valence-corrected chi connectivity index (χ0v) is 18.2. The fourth-order valence-corrected chi connectivity index (χ4v) is 4.87. The molecule has 1 heterocycles. The molecule has 3 aromatic rings. The minimum atomic E-state index is -0.533. The average molecular weight is 448 g/mol. The third kappa shape index (κ3) is 4.36. The van der Waals surface area contributed by atoms with Crippen molar-refractivity contribution in [2.24, 2.45) is 0 Å². The van der Waals surface area contributed by atoms with Gasteiger partial charge < -0.3 is 5.32 Å². The Bertz CT molecular complexity index is 1200. The number of rotatable bonds is 6. The Morgan fingerprint density at radius 2 is 1.91 bits per heavy atom. The Labute approximate surface area is 189 Å². The van der Waals surface area contributed by atoms with Crippen molar-refractivity contribution in [1.82, 2.24) is 0 Å². The molecule has 0 saturated carbocycles. The largest absolute Gasteiger partial charge is 0.322 e. The molecule has 8 heteroatoms. The molecule has 1 aliphatic rings. The summed E-state index contributed by atoms with van der Waals surface area (Å²) in [6.45, 7) is 2.06. The van der Waals surface area contributed by atoms with Gasteiger partial charge in [-0.3, -0.25) is 24.6 Å². The van der Waals surface area contributed by atoms with Crippen LogP contribution in [0.15, 0.2) is 72.8 Å². The Kier molecular flexibility index (Phi) is 6.23. The molecule has 162 valence electrons. The highest BCUT2D eigenvalue weighted by molar-refractivity contribution is 8.00. The molecule has 2 amide bonds. The van der Waals surface area contributed by atoms with Gasteiger partial charge in [0.15, 0.2) is 0 Å². The van der Waals surface area contributed by atoms with Crippen molar-refractivity contribution in [2.75, 3.05) is 16.0 Å². The monoisotopic (exact) mass is 447 g/mol. The molecule has 7 nitrogen and oxygen atoms in total. The molecular weight excluding hydrogens is 426 g/mol. The van der Waals surface area contributed by atoms with Gasteiger partial charge in [-0.05, 0) is 41.8 Å². The number of carbonyl (C=O) groups excluding carboxylic acids is 2. The number of nitrogens with one attached hydrogen (secondary N) is 1. The number of benzene rings is 3. The van der Waals surface area contributed by atoms with E-state index in [0.717, 1.165) is 23.2 Å². The van der Waals surface area contributed by atoms with Crippen molar-refractivity contribution in [3.05, 3.63) is 99.6 Å². The van der Waals surface area contributed by atoms with Gasteiger partial charge in [-0.2, -0.15) is 0 Å². The van der Waals surface area contributed by atoms with Crippen molar-refractivity contribution in [3.63, 3.8) is 0 Å². The zero-order chi connectivity index (χ0) is 22.7. The molecule has 0 aromatic heterocycles. The van der Waals surface area contributed by atoms with Crippen LogP contribution in [0.2, 0.25) is 0 Å². The van der Waals surface area contributed by atoms with Crippen LogP contribution in [0.1, 0.15) is 33.8 Å². The van der Waals surface area contributed by atoms with Crippen LogP contribution in [0.3, 0.4) is 0 Å². The Morgan fingerprint density at radius 3 is 2.69 bits per heavy atom. The van der Waals surface area contributed by atoms with Crippen LogP contribution in [0.5, 0.6) is 0 Å². The number of aryl methyl sites for hydroxylation is 1. The van der Waals surface area contributed by atoms with E-state index >= 15 is 0 Å². The second kappa shape index (κ2) is 9.23. The van der Waals surface area contributed by atoms with Crippen molar-refractivity contribution in [1.29, 1.82) is 0 Å². The number of nitro groups is 1. The standard InChI is InChI=1S/C24H21N3O4S/c1-2-16-7-3-4-12-21(16)26-22(28)15-32-24(26)18-9-5-10-19(13-18)25-23(29)17-8-6-11-20(14-17)27(30)31/h3-14,24H,2,15H2,1H3,(H,25,29). The van der Waals surface area contributed by atoms with Crippen LogP contribution in [0.25, 0.3) is 0 Å². The van der Waals surface area contributed by atoms with Crippen LogP contribution < -0.4 is 10.2 Å². The second-order valence-electron chi connectivity index (χ2n) is 7.30. The molecule has 4 rings (SSSR count). The topological polar surface area (TPSA) is 92.6 Å². The molecule has 1 saturated heterocycles. The van der Waals surface area contributed by atoms with Gasteiger partial charge in [-0.1, -0.05) is 43.3 Å². The molecule has 1 unspecified atom stereocenters. The van der Waals surface area contributed by atoms with Gasteiger partial charge in [0.05, 0.1) is 10.7 Å². The van der Waals surface area contributed by atoms with Gasteiger partial charge in [0, 0.05) is 29.1 Å². The maximum absolute atomic E-state index is 12.7. The van der Waals surface area contributed by atoms with Crippen molar-refractivity contribution in [2.45, 2.75) is 18.7 Å². The van der Waals surface area contributed by atoms with Gasteiger partial charge in [-0.25, -0.2) is 0 Å². The van der Waals surface area contributed by atoms with Crippen molar-refractivity contribution < 1.29 is 14.5 Å². The summed E-state index contributed by atoms with van der Waals surface area (Å²) < 4.78 is 0. The molecule has 1 N–H and O–H groups in total. The molecule has 1 fully saturated rings. The van der Waals surface area contributed by atoms with Crippen LogP contribution >= 0.6 is 11.8 Å². The van der Waals surface area contributed by atoms with Crippen molar-refractivity contribution in [3.8, 4) is 0 Å². The normalized spacial score (nSPS) is 15.6. The molecule has 0 bridgehead atoms. The summed E-state index contributed by atoms with van der Waals surface area (Å²) in [6.07, 6.45) is 0.816. The Balaban J connectivity index is 1.60. The van der Waals surface area contributed by atoms with Gasteiger partial charge in [0.2, 0.25) is 5.91 Å². The van der Waals surface area contributed by atoms with Crippen molar-refractivity contribution >= 4 is 40.6 Å². The number of hydrogen-bond donors (Lipinski definition) is 1. The van der Waals surface area contributed by atoms with E-state index in [2.05, 4.69) is 12.2 Å². The summed E-state index contributed by atoms with van der Waals surface area (Å²) in [7, 11) is 0. The van der Waals surface area contributed by atoms with E-state index in [9.17, 15) is 19.7 Å². The van der Waals surface area contributed by atoms with E-state index in [1.54, 1.807) is 17.8 Å². The molecule has 0 aliphatic carbocycles. The first-order chi connectivity index (χ1) is 15.5. The third-order valence-electron chi connectivity index (χ3n) is 5.25. The number of thioether (sulfide) groups is 1. The quantitative estimate of drug-likeness (QED) is 0.415. The van der Waals surface area contributed by atoms with E-state index < -0.39 is 10.8 Å². The van der Waals surface area contributed by atoms with Crippen LogP contribution in [-0.4, -0.2) is 22.5 Å². The number of amides is 2. The SMILES string of the molecule is CCc1ccccc1N1C(=O)CSC1c1cccc(NC(=O)c2cccc([N+](=O)[O-])c2)c1. The number of hydrogen-bond acceptors (Lipinski definition) is 5. The lowest BCUT2D eigenvalue weighted by molar-refractivity contribution is -0.384. The number of para-hydroxylation sites is 1. The molecule has 3 aromatic carbocycles. The highest BCUT2D eigenvalue weighted by Gasteiger charge is 2.35. The summed E-state index contributed by atoms with van der Waals surface area (Å²) in [6, 6.07) is 20.8. The maximum atomic E-state index is 12.7. The predicted octanol–water partition coefficient (Wildman–Crippen LogP) is 5.19.